The molecule has 0 aliphatic heterocycles. The van der Waals surface area contributed by atoms with Crippen LogP contribution in [0.4, 0.5) is 5.13 Å². The summed E-state index contributed by atoms with van der Waals surface area (Å²) in [7, 11) is 1.83. The average molecular weight is 229 g/mol. The lowest BCUT2D eigenvalue weighted by Gasteiger charge is -2.17. The SMILES string of the molecule is CCc1nnc(N(C)CC(C)C(=O)O)s1. The van der Waals surface area contributed by atoms with Crippen LogP contribution >= 0.6 is 11.3 Å². The molecule has 5 nitrogen and oxygen atoms in total. The summed E-state index contributed by atoms with van der Waals surface area (Å²) in [5, 5.41) is 18.5. The Morgan fingerprint density at radius 1 is 1.60 bits per heavy atom. The minimum atomic E-state index is -0.790. The molecule has 1 atom stereocenters. The lowest BCUT2D eigenvalue weighted by Crippen LogP contribution is -2.28. The van der Waals surface area contributed by atoms with Crippen LogP contribution in [0, 0.1) is 5.92 Å². The summed E-state index contributed by atoms with van der Waals surface area (Å²) in [6.07, 6.45) is 0.861. The summed E-state index contributed by atoms with van der Waals surface area (Å²) in [5.74, 6) is -1.19. The number of aryl methyl sites for hydroxylation is 1. The Morgan fingerprint density at radius 2 is 2.27 bits per heavy atom. The van der Waals surface area contributed by atoms with Crippen molar-refractivity contribution in [3.63, 3.8) is 0 Å². The molecule has 0 spiro atoms. The highest BCUT2D eigenvalue weighted by molar-refractivity contribution is 7.15. The highest BCUT2D eigenvalue weighted by Gasteiger charge is 2.16. The lowest BCUT2D eigenvalue weighted by molar-refractivity contribution is -0.140. The molecule has 0 radical (unpaired) electrons. The Kier molecular flexibility index (Phi) is 4.02. The maximum absolute atomic E-state index is 10.7. The largest absolute Gasteiger partial charge is 0.481 e. The van der Waals surface area contributed by atoms with Crippen molar-refractivity contribution in [3.05, 3.63) is 5.01 Å². The van der Waals surface area contributed by atoms with Crippen LogP contribution in [0.25, 0.3) is 0 Å². The van der Waals surface area contributed by atoms with E-state index < -0.39 is 11.9 Å². The Bertz CT molecular complexity index is 340. The van der Waals surface area contributed by atoms with Gasteiger partial charge in [-0.2, -0.15) is 0 Å². The van der Waals surface area contributed by atoms with E-state index in [1.165, 1.54) is 11.3 Å². The first-order chi connectivity index (χ1) is 7.04. The van der Waals surface area contributed by atoms with Gasteiger partial charge in [-0.05, 0) is 6.42 Å². The average Bonchev–Trinajstić information content (AvgIpc) is 2.65. The molecule has 0 aliphatic rings. The predicted octanol–water partition coefficient (Wildman–Crippen LogP) is 1.26. The van der Waals surface area contributed by atoms with Crippen LogP contribution < -0.4 is 4.90 Å². The molecule has 84 valence electrons. The lowest BCUT2D eigenvalue weighted by atomic mass is 10.2. The highest BCUT2D eigenvalue weighted by atomic mass is 32.1. The fourth-order valence-electron chi connectivity index (χ4n) is 1.11. The van der Waals surface area contributed by atoms with Gasteiger partial charge in [-0.1, -0.05) is 25.2 Å². The zero-order valence-corrected chi connectivity index (χ0v) is 9.91. The molecule has 0 fully saturated rings. The minimum absolute atomic E-state index is 0.399. The van der Waals surface area contributed by atoms with Gasteiger partial charge in [-0.15, -0.1) is 10.2 Å². The molecule has 1 N–H and O–H groups in total. The standard InChI is InChI=1S/C9H15N3O2S/c1-4-7-10-11-9(15-7)12(3)5-6(2)8(13)14/h6H,4-5H2,1-3H3,(H,13,14). The maximum Gasteiger partial charge on any atom is 0.308 e. The smallest absolute Gasteiger partial charge is 0.308 e. The van der Waals surface area contributed by atoms with E-state index >= 15 is 0 Å². The van der Waals surface area contributed by atoms with E-state index in [2.05, 4.69) is 10.2 Å². The summed E-state index contributed by atoms with van der Waals surface area (Å²) < 4.78 is 0. The van der Waals surface area contributed by atoms with Crippen LogP contribution in [-0.2, 0) is 11.2 Å². The molecule has 1 aromatic rings. The van der Waals surface area contributed by atoms with Gasteiger partial charge in [0, 0.05) is 13.6 Å². The van der Waals surface area contributed by atoms with E-state index in [0.717, 1.165) is 16.6 Å². The van der Waals surface area contributed by atoms with Crippen LogP contribution in [-0.4, -0.2) is 34.9 Å². The summed E-state index contributed by atoms with van der Waals surface area (Å²) in [6, 6.07) is 0. The van der Waals surface area contributed by atoms with Crippen LogP contribution in [0.5, 0.6) is 0 Å². The zero-order chi connectivity index (χ0) is 11.4. The topological polar surface area (TPSA) is 66.3 Å². The Balaban J connectivity index is 2.60. The molecule has 0 amide bonds. The second kappa shape index (κ2) is 5.06. The number of anilines is 1. The summed E-state index contributed by atoms with van der Waals surface area (Å²) in [6.45, 7) is 4.15. The van der Waals surface area contributed by atoms with Crippen molar-refractivity contribution in [1.29, 1.82) is 0 Å². The molecule has 0 bridgehead atoms. The van der Waals surface area contributed by atoms with Crippen LogP contribution in [0.3, 0.4) is 0 Å². The van der Waals surface area contributed by atoms with E-state index in [1.54, 1.807) is 6.92 Å². The number of carboxylic acid groups (broad SMARTS) is 1. The summed E-state index contributed by atoms with van der Waals surface area (Å²) in [4.78, 5) is 12.5. The predicted molar refractivity (Wildman–Crippen MR) is 59.4 cm³/mol. The van der Waals surface area contributed by atoms with Crippen LogP contribution in [0.15, 0.2) is 0 Å². The molecule has 6 heteroatoms. The van der Waals surface area contributed by atoms with Crippen molar-refractivity contribution < 1.29 is 9.90 Å². The molecule has 0 saturated heterocycles. The highest BCUT2D eigenvalue weighted by Crippen LogP contribution is 2.19. The van der Waals surface area contributed by atoms with Crippen LogP contribution in [0.1, 0.15) is 18.9 Å². The molecule has 1 unspecified atom stereocenters. The molecular formula is C9H15N3O2S. The quantitative estimate of drug-likeness (QED) is 0.823. The first kappa shape index (κ1) is 11.9. The van der Waals surface area contributed by atoms with E-state index in [1.807, 2.05) is 18.9 Å². The van der Waals surface area contributed by atoms with Gasteiger partial charge in [0.1, 0.15) is 5.01 Å². The first-order valence-electron chi connectivity index (χ1n) is 4.81. The van der Waals surface area contributed by atoms with Gasteiger partial charge in [-0.3, -0.25) is 4.79 Å². The minimum Gasteiger partial charge on any atom is -0.481 e. The third-order valence-corrected chi connectivity index (χ3v) is 3.24. The van der Waals surface area contributed by atoms with Crippen molar-refractivity contribution >= 4 is 22.4 Å². The van der Waals surface area contributed by atoms with Gasteiger partial charge >= 0.3 is 5.97 Å². The van der Waals surface area contributed by atoms with Gasteiger partial charge < -0.3 is 10.0 Å². The molecule has 1 heterocycles. The normalized spacial score (nSPS) is 12.5. The third kappa shape index (κ3) is 3.16. The fourth-order valence-corrected chi connectivity index (χ4v) is 1.86. The number of aromatic nitrogens is 2. The first-order valence-corrected chi connectivity index (χ1v) is 5.62. The maximum atomic E-state index is 10.7. The van der Waals surface area contributed by atoms with E-state index in [-0.39, 0.29) is 0 Å². The van der Waals surface area contributed by atoms with Crippen molar-refractivity contribution in [3.8, 4) is 0 Å². The Hall–Kier alpha value is -1.17. The number of nitrogens with zero attached hydrogens (tertiary/aromatic N) is 3. The number of aliphatic carboxylic acids is 1. The van der Waals surface area contributed by atoms with Gasteiger partial charge in [-0.25, -0.2) is 0 Å². The number of carboxylic acids is 1. The van der Waals surface area contributed by atoms with Gasteiger partial charge in [0.15, 0.2) is 0 Å². The Morgan fingerprint density at radius 3 is 2.73 bits per heavy atom. The van der Waals surface area contributed by atoms with Gasteiger partial charge in [0.25, 0.3) is 0 Å². The number of carbonyl (C=O) groups is 1. The third-order valence-electron chi connectivity index (χ3n) is 2.05. The summed E-state index contributed by atoms with van der Waals surface area (Å²) >= 11 is 1.51. The Labute approximate surface area is 92.7 Å². The van der Waals surface area contributed by atoms with Gasteiger partial charge in [0.05, 0.1) is 5.92 Å². The number of rotatable bonds is 5. The van der Waals surface area contributed by atoms with Crippen molar-refractivity contribution in [2.24, 2.45) is 5.92 Å². The molecule has 15 heavy (non-hydrogen) atoms. The van der Waals surface area contributed by atoms with Crippen LogP contribution in [0.2, 0.25) is 0 Å². The van der Waals surface area contributed by atoms with Crippen molar-refractivity contribution in [2.75, 3.05) is 18.5 Å². The van der Waals surface area contributed by atoms with E-state index in [4.69, 9.17) is 5.11 Å². The fraction of sp³-hybridized carbons (Fsp3) is 0.667. The van der Waals surface area contributed by atoms with E-state index in [9.17, 15) is 4.79 Å². The summed E-state index contributed by atoms with van der Waals surface area (Å²) in [5.41, 5.74) is 0. The molecule has 1 rings (SSSR count). The molecule has 0 saturated carbocycles. The second-order valence-corrected chi connectivity index (χ2v) is 4.49. The molecular weight excluding hydrogens is 214 g/mol. The molecule has 0 aromatic carbocycles. The van der Waals surface area contributed by atoms with Crippen molar-refractivity contribution in [1.82, 2.24) is 10.2 Å². The molecule has 1 aromatic heterocycles. The monoisotopic (exact) mass is 229 g/mol. The zero-order valence-electron chi connectivity index (χ0n) is 9.10. The number of hydrogen-bond acceptors (Lipinski definition) is 5. The number of hydrogen-bond donors (Lipinski definition) is 1. The van der Waals surface area contributed by atoms with E-state index in [0.29, 0.717) is 6.54 Å². The molecule has 0 aliphatic carbocycles. The second-order valence-electron chi connectivity index (χ2n) is 3.45. The van der Waals surface area contributed by atoms with Gasteiger partial charge in [0.2, 0.25) is 5.13 Å². The van der Waals surface area contributed by atoms with Crippen molar-refractivity contribution in [2.45, 2.75) is 20.3 Å².